The average molecular weight is 240 g/mol. The summed E-state index contributed by atoms with van der Waals surface area (Å²) in [4.78, 5) is 9.00. The summed E-state index contributed by atoms with van der Waals surface area (Å²) in [5.74, 6) is 0. The number of rotatable bonds is 0. The topological polar surface area (TPSA) is 190 Å². The van der Waals surface area contributed by atoms with Crippen molar-refractivity contribution in [2.75, 3.05) is 0 Å². The predicted octanol–water partition coefficient (Wildman–Crippen LogP) is -4.81. The van der Waals surface area contributed by atoms with Gasteiger partial charge in [-0.3, -0.25) is 0 Å². The summed E-state index contributed by atoms with van der Waals surface area (Å²) >= 11 is 0. The molecule has 0 unspecified atom stereocenters. The molecule has 0 heterocycles. The van der Waals surface area contributed by atoms with Gasteiger partial charge in [-0.15, -0.1) is 0 Å². The molecule has 9 heteroatoms. The zero-order valence-electron chi connectivity index (χ0n) is 8.21. The van der Waals surface area contributed by atoms with E-state index in [-0.39, 0.29) is 0 Å². The fourth-order valence-corrected chi connectivity index (χ4v) is 1.21. The summed E-state index contributed by atoms with van der Waals surface area (Å²) in [7, 11) is 0. The number of hydrogen-bond donors (Lipinski definition) is 8. The quantitative estimate of drug-likeness (QED) is 0.208. The lowest BCUT2D eigenvalue weighted by Gasteiger charge is -2.39. The molecule has 9 nitrogen and oxygen atoms in total. The molecule has 1 aliphatic carbocycles. The Kier molecular flexibility index (Phi) is 5.58. The lowest BCUT2D eigenvalue weighted by Crippen LogP contribution is -2.63. The molecular formula is C7H16N2O7. The Labute approximate surface area is 90.5 Å². The minimum absolute atomic E-state index is 0.833. The highest BCUT2D eigenvalue weighted by atomic mass is 16.4. The molecule has 0 aromatic heterocycles. The molecule has 1 rings (SSSR count). The highest BCUT2D eigenvalue weighted by Crippen LogP contribution is 2.20. The van der Waals surface area contributed by atoms with E-state index in [1.807, 2.05) is 0 Å². The Hall–Kier alpha value is -0.970. The first kappa shape index (κ1) is 15.0. The Morgan fingerprint density at radius 3 is 0.750 bits per heavy atom. The molecule has 0 bridgehead atoms. The van der Waals surface area contributed by atoms with E-state index in [0.717, 1.165) is 0 Å². The van der Waals surface area contributed by atoms with Crippen LogP contribution < -0.4 is 11.5 Å². The fraction of sp³-hybridized carbons (Fsp3) is 0.857. The second-order valence-corrected chi connectivity index (χ2v) is 3.35. The van der Waals surface area contributed by atoms with E-state index in [2.05, 4.69) is 11.5 Å². The summed E-state index contributed by atoms with van der Waals surface area (Å²) in [5, 5.41) is 53.8. The van der Waals surface area contributed by atoms with E-state index in [1.54, 1.807) is 0 Å². The maximum absolute atomic E-state index is 9.00. The van der Waals surface area contributed by atoms with Crippen molar-refractivity contribution in [2.45, 2.75) is 36.6 Å². The van der Waals surface area contributed by atoms with Gasteiger partial charge >= 0.3 is 6.03 Å². The summed E-state index contributed by atoms with van der Waals surface area (Å²) in [6, 6.07) is -0.833. The maximum Gasteiger partial charge on any atom is 0.309 e. The van der Waals surface area contributed by atoms with E-state index in [4.69, 9.17) is 35.4 Å². The SMILES string of the molecule is NC(N)=O.OC1C(O)C(O)C(O)C(O)C1O. The molecule has 1 saturated carbocycles. The van der Waals surface area contributed by atoms with Gasteiger partial charge in [-0.25, -0.2) is 4.79 Å². The van der Waals surface area contributed by atoms with E-state index in [1.165, 1.54) is 0 Å². The van der Waals surface area contributed by atoms with Crippen molar-refractivity contribution in [1.29, 1.82) is 0 Å². The molecule has 16 heavy (non-hydrogen) atoms. The zero-order chi connectivity index (χ0) is 13.0. The Morgan fingerprint density at radius 2 is 0.688 bits per heavy atom. The molecular weight excluding hydrogens is 224 g/mol. The zero-order valence-corrected chi connectivity index (χ0v) is 8.21. The smallest absolute Gasteiger partial charge is 0.309 e. The van der Waals surface area contributed by atoms with Crippen LogP contribution in [0.25, 0.3) is 0 Å². The van der Waals surface area contributed by atoms with Crippen molar-refractivity contribution in [1.82, 2.24) is 0 Å². The van der Waals surface area contributed by atoms with Crippen LogP contribution in [0.3, 0.4) is 0 Å². The van der Waals surface area contributed by atoms with Crippen molar-refractivity contribution in [3.05, 3.63) is 0 Å². The van der Waals surface area contributed by atoms with Crippen LogP contribution in [0, 0.1) is 0 Å². The first-order valence-electron chi connectivity index (χ1n) is 4.33. The second-order valence-electron chi connectivity index (χ2n) is 3.35. The molecule has 0 atom stereocenters. The molecule has 1 aliphatic rings. The van der Waals surface area contributed by atoms with Gasteiger partial charge in [-0.05, 0) is 0 Å². The Bertz CT molecular complexity index is 176. The van der Waals surface area contributed by atoms with Crippen LogP contribution in [-0.4, -0.2) is 73.3 Å². The standard InChI is InChI=1S/C6H12O6.CH4N2O/c7-1-2(8)4(10)6(12)5(11)3(1)9;2-1(3)4/h1-12H;(H4,2,3,4). The number of hydrogen-bond acceptors (Lipinski definition) is 7. The molecule has 0 spiro atoms. The third-order valence-electron chi connectivity index (χ3n) is 2.10. The highest BCUT2D eigenvalue weighted by molar-refractivity contribution is 5.69. The lowest BCUT2D eigenvalue weighted by atomic mass is 9.85. The lowest BCUT2D eigenvalue weighted by molar-refractivity contribution is -0.223. The summed E-state index contributed by atoms with van der Waals surface area (Å²) in [6.45, 7) is 0. The van der Waals surface area contributed by atoms with Gasteiger partial charge in [-0.1, -0.05) is 0 Å². The molecule has 0 saturated heterocycles. The van der Waals surface area contributed by atoms with E-state index >= 15 is 0 Å². The van der Waals surface area contributed by atoms with Gasteiger partial charge in [-0.2, -0.15) is 0 Å². The minimum atomic E-state index is -1.64. The van der Waals surface area contributed by atoms with Crippen LogP contribution in [0.15, 0.2) is 0 Å². The van der Waals surface area contributed by atoms with Crippen molar-refractivity contribution in [3.63, 3.8) is 0 Å². The third-order valence-corrected chi connectivity index (χ3v) is 2.10. The van der Waals surface area contributed by atoms with Crippen molar-refractivity contribution in [2.24, 2.45) is 11.5 Å². The predicted molar refractivity (Wildman–Crippen MR) is 49.8 cm³/mol. The summed E-state index contributed by atoms with van der Waals surface area (Å²) in [5.41, 5.74) is 8.50. The minimum Gasteiger partial charge on any atom is -0.387 e. The van der Waals surface area contributed by atoms with Gasteiger partial charge in [0.15, 0.2) is 0 Å². The van der Waals surface area contributed by atoms with E-state index in [0.29, 0.717) is 0 Å². The highest BCUT2D eigenvalue weighted by Gasteiger charge is 2.47. The summed E-state index contributed by atoms with van der Waals surface area (Å²) < 4.78 is 0. The number of primary amides is 2. The molecule has 0 aliphatic heterocycles. The van der Waals surface area contributed by atoms with Gasteiger partial charge in [0.1, 0.15) is 36.6 Å². The number of urea groups is 1. The van der Waals surface area contributed by atoms with Crippen LogP contribution in [0.2, 0.25) is 0 Å². The number of nitrogens with two attached hydrogens (primary N) is 2. The van der Waals surface area contributed by atoms with Crippen LogP contribution in [-0.2, 0) is 0 Å². The molecule has 0 aromatic rings. The molecule has 2 amide bonds. The maximum atomic E-state index is 9.00. The number of carbonyl (C=O) groups is 1. The number of carbonyl (C=O) groups excluding carboxylic acids is 1. The largest absolute Gasteiger partial charge is 0.387 e. The van der Waals surface area contributed by atoms with Crippen molar-refractivity contribution < 1.29 is 35.4 Å². The Balaban J connectivity index is 0.000000487. The van der Waals surface area contributed by atoms with Crippen LogP contribution >= 0.6 is 0 Å². The monoisotopic (exact) mass is 240 g/mol. The first-order chi connectivity index (χ1) is 7.20. The van der Waals surface area contributed by atoms with Crippen LogP contribution in [0.4, 0.5) is 4.79 Å². The van der Waals surface area contributed by atoms with Gasteiger partial charge in [0, 0.05) is 0 Å². The molecule has 0 radical (unpaired) electrons. The van der Waals surface area contributed by atoms with Gasteiger partial charge in [0.2, 0.25) is 0 Å². The second kappa shape index (κ2) is 5.94. The third kappa shape index (κ3) is 3.56. The molecule has 0 aromatic carbocycles. The van der Waals surface area contributed by atoms with E-state index < -0.39 is 42.7 Å². The van der Waals surface area contributed by atoms with Crippen molar-refractivity contribution in [3.8, 4) is 0 Å². The van der Waals surface area contributed by atoms with Gasteiger partial charge in [0.05, 0.1) is 0 Å². The number of amides is 2. The number of aliphatic hydroxyl groups is 6. The van der Waals surface area contributed by atoms with Gasteiger partial charge < -0.3 is 42.1 Å². The normalized spacial score (nSPS) is 43.1. The van der Waals surface area contributed by atoms with Crippen LogP contribution in [0.1, 0.15) is 0 Å². The van der Waals surface area contributed by atoms with Gasteiger partial charge in [0.25, 0.3) is 0 Å². The first-order valence-corrected chi connectivity index (χ1v) is 4.33. The molecule has 96 valence electrons. The molecule has 1 fully saturated rings. The Morgan fingerprint density at radius 1 is 0.625 bits per heavy atom. The molecule has 10 N–H and O–H groups in total. The number of aliphatic hydroxyl groups excluding tert-OH is 6. The van der Waals surface area contributed by atoms with Crippen molar-refractivity contribution >= 4 is 6.03 Å². The average Bonchev–Trinajstić information content (AvgIpc) is 2.20. The fourth-order valence-electron chi connectivity index (χ4n) is 1.21. The van der Waals surface area contributed by atoms with Crippen LogP contribution in [0.5, 0.6) is 0 Å². The van der Waals surface area contributed by atoms with E-state index in [9.17, 15) is 0 Å². The summed E-state index contributed by atoms with van der Waals surface area (Å²) in [6.07, 6.45) is -9.84.